The largest absolute Gasteiger partial charge is 0.383 e. The van der Waals surface area contributed by atoms with Gasteiger partial charge in [0.25, 0.3) is 0 Å². The average Bonchev–Trinajstić information content (AvgIpc) is 2.85. The van der Waals surface area contributed by atoms with Crippen LogP contribution in [0.1, 0.15) is 32.3 Å². The van der Waals surface area contributed by atoms with Crippen molar-refractivity contribution in [3.05, 3.63) is 23.9 Å². The zero-order chi connectivity index (χ0) is 10.2. The Labute approximate surface area is 84.7 Å². The summed E-state index contributed by atoms with van der Waals surface area (Å²) in [6.07, 6.45) is 4.08. The van der Waals surface area contributed by atoms with E-state index in [1.54, 1.807) is 6.20 Å². The normalized spacial score (nSPS) is 18.5. The molecule has 0 aliphatic heterocycles. The van der Waals surface area contributed by atoms with Crippen LogP contribution in [0.5, 0.6) is 0 Å². The van der Waals surface area contributed by atoms with Gasteiger partial charge in [-0.15, -0.1) is 0 Å². The third kappa shape index (κ3) is 1.60. The van der Waals surface area contributed by atoms with Gasteiger partial charge in [-0.2, -0.15) is 0 Å². The molecule has 3 heteroatoms. The van der Waals surface area contributed by atoms with Crippen molar-refractivity contribution in [2.24, 2.45) is 0 Å². The topological polar surface area (TPSA) is 50.9 Å². The lowest BCUT2D eigenvalue weighted by Crippen LogP contribution is -2.35. The lowest BCUT2D eigenvalue weighted by molar-refractivity contribution is 0.462. The number of rotatable bonds is 3. The first-order valence-corrected chi connectivity index (χ1v) is 5.13. The fraction of sp³-hybridized carbons (Fsp3) is 0.545. The summed E-state index contributed by atoms with van der Waals surface area (Å²) in [5.74, 6) is 0.665. The molecule has 1 aromatic rings. The number of nitrogen functional groups attached to an aromatic ring is 1. The van der Waals surface area contributed by atoms with Crippen LogP contribution < -0.4 is 11.1 Å². The highest BCUT2D eigenvalue weighted by molar-refractivity contribution is 5.46. The van der Waals surface area contributed by atoms with Gasteiger partial charge in [0.15, 0.2) is 0 Å². The number of anilines is 1. The molecule has 1 heterocycles. The first kappa shape index (κ1) is 9.46. The van der Waals surface area contributed by atoms with Gasteiger partial charge in [-0.1, -0.05) is 19.9 Å². The Morgan fingerprint density at radius 1 is 1.50 bits per heavy atom. The minimum Gasteiger partial charge on any atom is -0.383 e. The number of nitrogens with zero attached hydrogens (tertiary/aromatic N) is 1. The lowest BCUT2D eigenvalue weighted by atomic mass is 10.1. The molecular formula is C11H17N3. The maximum atomic E-state index is 5.87. The van der Waals surface area contributed by atoms with Crippen LogP contribution in [0.4, 0.5) is 5.82 Å². The second-order valence-corrected chi connectivity index (χ2v) is 4.32. The number of pyridine rings is 1. The van der Waals surface area contributed by atoms with Gasteiger partial charge in [0.05, 0.1) is 0 Å². The second-order valence-electron chi connectivity index (χ2n) is 4.32. The highest BCUT2D eigenvalue weighted by Gasteiger charge is 2.45. The van der Waals surface area contributed by atoms with Crippen molar-refractivity contribution in [3.8, 4) is 0 Å². The number of hydrogen-bond acceptors (Lipinski definition) is 3. The molecule has 1 aliphatic rings. The molecule has 1 aromatic heterocycles. The molecule has 1 saturated carbocycles. The zero-order valence-electron chi connectivity index (χ0n) is 8.75. The van der Waals surface area contributed by atoms with Gasteiger partial charge < -0.3 is 11.1 Å². The summed E-state index contributed by atoms with van der Waals surface area (Å²) in [5, 5.41) is 3.57. The van der Waals surface area contributed by atoms with Crippen LogP contribution in [0.3, 0.4) is 0 Å². The Balaban J connectivity index is 2.26. The summed E-state index contributed by atoms with van der Waals surface area (Å²) in [4.78, 5) is 4.13. The molecule has 0 unspecified atom stereocenters. The first-order valence-electron chi connectivity index (χ1n) is 5.13. The number of nitrogens with two attached hydrogens (primary N) is 1. The summed E-state index contributed by atoms with van der Waals surface area (Å²) in [5.41, 5.74) is 7.15. The van der Waals surface area contributed by atoms with E-state index in [1.165, 1.54) is 12.8 Å². The minimum absolute atomic E-state index is 0.118. The van der Waals surface area contributed by atoms with Gasteiger partial charge >= 0.3 is 0 Å². The third-order valence-corrected chi connectivity index (χ3v) is 2.67. The van der Waals surface area contributed by atoms with E-state index in [0.717, 1.165) is 5.56 Å². The summed E-state index contributed by atoms with van der Waals surface area (Å²) in [6.45, 7) is 4.32. The Morgan fingerprint density at radius 2 is 2.21 bits per heavy atom. The summed E-state index contributed by atoms with van der Waals surface area (Å²) >= 11 is 0. The Kier molecular flexibility index (Phi) is 2.19. The van der Waals surface area contributed by atoms with Crippen LogP contribution in [0.25, 0.3) is 0 Å². The molecule has 1 aliphatic carbocycles. The number of nitrogens with one attached hydrogen (secondary N) is 1. The van der Waals surface area contributed by atoms with E-state index in [2.05, 4.69) is 30.2 Å². The van der Waals surface area contributed by atoms with Crippen LogP contribution in [-0.2, 0) is 5.54 Å². The molecular weight excluding hydrogens is 174 g/mol. The quantitative estimate of drug-likeness (QED) is 0.763. The molecule has 0 radical (unpaired) electrons. The van der Waals surface area contributed by atoms with Crippen LogP contribution in [0, 0.1) is 0 Å². The number of hydrogen-bond donors (Lipinski definition) is 2. The Hall–Kier alpha value is -1.09. The van der Waals surface area contributed by atoms with Gasteiger partial charge in [0.2, 0.25) is 0 Å². The monoisotopic (exact) mass is 191 g/mol. The van der Waals surface area contributed by atoms with Crippen LogP contribution in [0.2, 0.25) is 0 Å². The van der Waals surface area contributed by atoms with Crippen LogP contribution in [0.15, 0.2) is 18.3 Å². The van der Waals surface area contributed by atoms with Gasteiger partial charge in [0, 0.05) is 23.3 Å². The fourth-order valence-electron chi connectivity index (χ4n) is 1.99. The van der Waals surface area contributed by atoms with E-state index in [1.807, 2.05) is 6.07 Å². The predicted molar refractivity (Wildman–Crippen MR) is 57.8 cm³/mol. The molecule has 3 nitrogen and oxygen atoms in total. The summed E-state index contributed by atoms with van der Waals surface area (Å²) < 4.78 is 0. The SMILES string of the molecule is CC(C)NC1(c2cccnc2N)CC1. The Morgan fingerprint density at radius 3 is 2.71 bits per heavy atom. The Bertz CT molecular complexity index is 329. The molecule has 0 atom stereocenters. The van der Waals surface area contributed by atoms with Crippen molar-refractivity contribution in [3.63, 3.8) is 0 Å². The average molecular weight is 191 g/mol. The smallest absolute Gasteiger partial charge is 0.128 e. The minimum atomic E-state index is 0.118. The van der Waals surface area contributed by atoms with E-state index in [-0.39, 0.29) is 5.54 Å². The molecule has 0 saturated heterocycles. The second kappa shape index (κ2) is 3.24. The van der Waals surface area contributed by atoms with Crippen molar-refractivity contribution in [2.75, 3.05) is 5.73 Å². The summed E-state index contributed by atoms with van der Waals surface area (Å²) in [7, 11) is 0. The van der Waals surface area contributed by atoms with E-state index in [0.29, 0.717) is 11.9 Å². The van der Waals surface area contributed by atoms with E-state index in [9.17, 15) is 0 Å². The highest BCUT2D eigenvalue weighted by Crippen LogP contribution is 2.47. The predicted octanol–water partition coefficient (Wildman–Crippen LogP) is 1.65. The molecule has 0 amide bonds. The molecule has 0 spiro atoms. The maximum Gasteiger partial charge on any atom is 0.128 e. The highest BCUT2D eigenvalue weighted by atomic mass is 15.1. The molecule has 14 heavy (non-hydrogen) atoms. The van der Waals surface area contributed by atoms with Crippen LogP contribution >= 0.6 is 0 Å². The van der Waals surface area contributed by atoms with E-state index < -0.39 is 0 Å². The maximum absolute atomic E-state index is 5.87. The van der Waals surface area contributed by atoms with Crippen molar-refractivity contribution in [1.29, 1.82) is 0 Å². The van der Waals surface area contributed by atoms with E-state index in [4.69, 9.17) is 5.73 Å². The third-order valence-electron chi connectivity index (χ3n) is 2.67. The fourth-order valence-corrected chi connectivity index (χ4v) is 1.99. The van der Waals surface area contributed by atoms with Crippen molar-refractivity contribution in [2.45, 2.75) is 38.3 Å². The van der Waals surface area contributed by atoms with Gasteiger partial charge in [-0.3, -0.25) is 0 Å². The molecule has 0 bridgehead atoms. The molecule has 0 aromatic carbocycles. The summed E-state index contributed by atoms with van der Waals surface area (Å²) in [6, 6.07) is 4.51. The standard InChI is InChI=1S/C11H17N3/c1-8(2)14-11(5-6-11)9-4-3-7-13-10(9)12/h3-4,7-8,14H,5-6H2,1-2H3,(H2,12,13). The van der Waals surface area contributed by atoms with E-state index >= 15 is 0 Å². The van der Waals surface area contributed by atoms with Gasteiger partial charge in [-0.25, -0.2) is 4.98 Å². The van der Waals surface area contributed by atoms with Crippen molar-refractivity contribution in [1.82, 2.24) is 10.3 Å². The first-order chi connectivity index (χ1) is 6.64. The molecule has 3 N–H and O–H groups in total. The molecule has 2 rings (SSSR count). The van der Waals surface area contributed by atoms with Gasteiger partial charge in [0.1, 0.15) is 5.82 Å². The zero-order valence-corrected chi connectivity index (χ0v) is 8.75. The van der Waals surface area contributed by atoms with Crippen LogP contribution in [-0.4, -0.2) is 11.0 Å². The van der Waals surface area contributed by atoms with Gasteiger partial charge in [-0.05, 0) is 18.9 Å². The lowest BCUT2D eigenvalue weighted by Gasteiger charge is -2.21. The van der Waals surface area contributed by atoms with Crippen molar-refractivity contribution < 1.29 is 0 Å². The number of aromatic nitrogens is 1. The molecule has 76 valence electrons. The molecule has 1 fully saturated rings. The van der Waals surface area contributed by atoms with Crippen molar-refractivity contribution >= 4 is 5.82 Å².